The number of ether oxygens (including phenoxy) is 1. The molecule has 0 aromatic carbocycles. The molecule has 3 heteroatoms. The van der Waals surface area contributed by atoms with E-state index < -0.39 is 0 Å². The third-order valence-corrected chi connectivity index (χ3v) is 3.23. The Hall–Kier alpha value is -0.800. The van der Waals surface area contributed by atoms with Crippen LogP contribution >= 0.6 is 0 Å². The molecule has 1 aliphatic heterocycles. The van der Waals surface area contributed by atoms with Crippen molar-refractivity contribution in [2.24, 2.45) is 5.73 Å². The smallest absolute Gasteiger partial charge is 0.103 e. The van der Waals surface area contributed by atoms with E-state index in [4.69, 9.17) is 14.9 Å². The van der Waals surface area contributed by atoms with E-state index in [0.717, 1.165) is 38.1 Å². The van der Waals surface area contributed by atoms with Gasteiger partial charge in [0.1, 0.15) is 5.76 Å². The highest BCUT2D eigenvalue weighted by Crippen LogP contribution is 2.18. The SMILES string of the molecule is NC(CCc1ccco1)CCC1CCCO1. The summed E-state index contributed by atoms with van der Waals surface area (Å²) in [5, 5.41) is 0. The Kier molecular flexibility index (Phi) is 4.43. The van der Waals surface area contributed by atoms with Crippen molar-refractivity contribution in [3.63, 3.8) is 0 Å². The van der Waals surface area contributed by atoms with E-state index in [2.05, 4.69) is 0 Å². The molecule has 16 heavy (non-hydrogen) atoms. The zero-order chi connectivity index (χ0) is 11.2. The van der Waals surface area contributed by atoms with Crippen LogP contribution in [0.25, 0.3) is 0 Å². The minimum Gasteiger partial charge on any atom is -0.469 e. The van der Waals surface area contributed by atoms with Gasteiger partial charge in [-0.25, -0.2) is 0 Å². The van der Waals surface area contributed by atoms with Crippen molar-refractivity contribution in [1.82, 2.24) is 0 Å². The van der Waals surface area contributed by atoms with E-state index in [0.29, 0.717) is 6.10 Å². The molecule has 0 aliphatic carbocycles. The van der Waals surface area contributed by atoms with E-state index in [1.165, 1.54) is 12.8 Å². The Morgan fingerprint density at radius 1 is 1.44 bits per heavy atom. The standard InChI is InChI=1S/C13H21NO2/c14-11(5-7-12-3-1-9-15-12)6-8-13-4-2-10-16-13/h1,3,9,11,13H,2,4-8,10,14H2. The maximum atomic E-state index is 6.07. The molecular weight excluding hydrogens is 202 g/mol. The monoisotopic (exact) mass is 223 g/mol. The van der Waals surface area contributed by atoms with Crippen molar-refractivity contribution in [2.75, 3.05) is 6.61 Å². The fourth-order valence-corrected chi connectivity index (χ4v) is 2.20. The zero-order valence-electron chi connectivity index (χ0n) is 9.73. The number of rotatable bonds is 6. The van der Waals surface area contributed by atoms with Gasteiger partial charge in [-0.05, 0) is 44.2 Å². The molecule has 0 spiro atoms. The molecule has 1 saturated heterocycles. The molecule has 0 amide bonds. The van der Waals surface area contributed by atoms with Gasteiger partial charge in [-0.15, -0.1) is 0 Å². The molecule has 2 rings (SSSR count). The summed E-state index contributed by atoms with van der Waals surface area (Å²) in [6.45, 7) is 0.937. The van der Waals surface area contributed by atoms with E-state index in [1.807, 2.05) is 12.1 Å². The highest BCUT2D eigenvalue weighted by Gasteiger charge is 2.16. The number of furan rings is 1. The van der Waals surface area contributed by atoms with Crippen LogP contribution in [-0.2, 0) is 11.2 Å². The van der Waals surface area contributed by atoms with Gasteiger partial charge in [0, 0.05) is 19.1 Å². The predicted molar refractivity (Wildman–Crippen MR) is 63.2 cm³/mol. The Morgan fingerprint density at radius 2 is 2.38 bits per heavy atom. The quantitative estimate of drug-likeness (QED) is 0.806. The van der Waals surface area contributed by atoms with Crippen molar-refractivity contribution in [1.29, 1.82) is 0 Å². The second kappa shape index (κ2) is 6.06. The van der Waals surface area contributed by atoms with Crippen LogP contribution in [0.5, 0.6) is 0 Å². The van der Waals surface area contributed by atoms with Crippen LogP contribution in [0.2, 0.25) is 0 Å². The predicted octanol–water partition coefficient (Wildman–Crippen LogP) is 2.50. The molecule has 2 unspecified atom stereocenters. The first-order chi connectivity index (χ1) is 7.84. The lowest BCUT2D eigenvalue weighted by Crippen LogP contribution is -2.22. The highest BCUT2D eigenvalue weighted by atomic mass is 16.5. The summed E-state index contributed by atoms with van der Waals surface area (Å²) in [4.78, 5) is 0. The zero-order valence-corrected chi connectivity index (χ0v) is 9.73. The molecule has 2 atom stereocenters. The summed E-state index contributed by atoms with van der Waals surface area (Å²) in [5.41, 5.74) is 6.07. The number of hydrogen-bond acceptors (Lipinski definition) is 3. The van der Waals surface area contributed by atoms with Crippen LogP contribution < -0.4 is 5.73 Å². The van der Waals surface area contributed by atoms with Crippen molar-refractivity contribution in [3.8, 4) is 0 Å². The Morgan fingerprint density at radius 3 is 3.06 bits per heavy atom. The second-order valence-electron chi connectivity index (χ2n) is 4.59. The van der Waals surface area contributed by atoms with Gasteiger partial charge in [0.05, 0.1) is 12.4 Å². The molecule has 1 aromatic rings. The lowest BCUT2D eigenvalue weighted by atomic mass is 10.0. The van der Waals surface area contributed by atoms with Crippen molar-refractivity contribution >= 4 is 0 Å². The normalized spacial score (nSPS) is 22.4. The molecule has 3 nitrogen and oxygen atoms in total. The van der Waals surface area contributed by atoms with Crippen LogP contribution in [0.3, 0.4) is 0 Å². The summed E-state index contributed by atoms with van der Waals surface area (Å²) in [6, 6.07) is 4.20. The Balaban J connectivity index is 1.58. The fourth-order valence-electron chi connectivity index (χ4n) is 2.20. The summed E-state index contributed by atoms with van der Waals surface area (Å²) in [5.74, 6) is 1.03. The third-order valence-electron chi connectivity index (χ3n) is 3.23. The van der Waals surface area contributed by atoms with Gasteiger partial charge < -0.3 is 14.9 Å². The summed E-state index contributed by atoms with van der Waals surface area (Å²) < 4.78 is 10.9. The summed E-state index contributed by atoms with van der Waals surface area (Å²) in [7, 11) is 0. The van der Waals surface area contributed by atoms with Gasteiger partial charge in [0.25, 0.3) is 0 Å². The summed E-state index contributed by atoms with van der Waals surface area (Å²) >= 11 is 0. The average molecular weight is 223 g/mol. The number of nitrogens with two attached hydrogens (primary N) is 1. The minimum absolute atomic E-state index is 0.272. The largest absolute Gasteiger partial charge is 0.469 e. The van der Waals surface area contributed by atoms with Crippen LogP contribution in [-0.4, -0.2) is 18.8 Å². The van der Waals surface area contributed by atoms with Gasteiger partial charge >= 0.3 is 0 Å². The lowest BCUT2D eigenvalue weighted by Gasteiger charge is -2.13. The van der Waals surface area contributed by atoms with Gasteiger partial charge in [-0.2, -0.15) is 0 Å². The van der Waals surface area contributed by atoms with E-state index in [1.54, 1.807) is 6.26 Å². The molecular formula is C13H21NO2. The molecule has 1 fully saturated rings. The molecule has 2 N–H and O–H groups in total. The molecule has 1 aromatic heterocycles. The molecule has 90 valence electrons. The minimum atomic E-state index is 0.272. The van der Waals surface area contributed by atoms with Gasteiger partial charge in [0.2, 0.25) is 0 Å². The fraction of sp³-hybridized carbons (Fsp3) is 0.692. The van der Waals surface area contributed by atoms with Crippen molar-refractivity contribution in [3.05, 3.63) is 24.2 Å². The van der Waals surface area contributed by atoms with Crippen LogP contribution in [0.4, 0.5) is 0 Å². The molecule has 2 heterocycles. The molecule has 0 bridgehead atoms. The van der Waals surface area contributed by atoms with Gasteiger partial charge in [-0.1, -0.05) is 0 Å². The Bertz CT molecular complexity index is 278. The van der Waals surface area contributed by atoms with Crippen LogP contribution in [0.1, 0.15) is 37.9 Å². The number of hydrogen-bond donors (Lipinski definition) is 1. The molecule has 0 saturated carbocycles. The van der Waals surface area contributed by atoms with E-state index in [-0.39, 0.29) is 6.04 Å². The van der Waals surface area contributed by atoms with E-state index in [9.17, 15) is 0 Å². The van der Waals surface area contributed by atoms with E-state index >= 15 is 0 Å². The lowest BCUT2D eigenvalue weighted by molar-refractivity contribution is 0.100. The second-order valence-corrected chi connectivity index (χ2v) is 4.59. The van der Waals surface area contributed by atoms with Crippen molar-refractivity contribution in [2.45, 2.75) is 50.7 Å². The maximum absolute atomic E-state index is 6.07. The van der Waals surface area contributed by atoms with Crippen LogP contribution in [0, 0.1) is 0 Å². The first-order valence-corrected chi connectivity index (χ1v) is 6.24. The third kappa shape index (κ3) is 3.65. The average Bonchev–Trinajstić information content (AvgIpc) is 2.96. The summed E-state index contributed by atoms with van der Waals surface area (Å²) in [6.07, 6.45) is 8.73. The van der Waals surface area contributed by atoms with Gasteiger partial charge in [-0.3, -0.25) is 0 Å². The van der Waals surface area contributed by atoms with Gasteiger partial charge in [0.15, 0.2) is 0 Å². The van der Waals surface area contributed by atoms with Crippen LogP contribution in [0.15, 0.2) is 22.8 Å². The molecule has 0 radical (unpaired) electrons. The Labute approximate surface area is 97.0 Å². The maximum Gasteiger partial charge on any atom is 0.103 e. The first-order valence-electron chi connectivity index (χ1n) is 6.24. The van der Waals surface area contributed by atoms with Crippen molar-refractivity contribution < 1.29 is 9.15 Å². The highest BCUT2D eigenvalue weighted by molar-refractivity contribution is 4.98. The molecule has 1 aliphatic rings. The number of aryl methyl sites for hydroxylation is 1. The first kappa shape index (κ1) is 11.7. The topological polar surface area (TPSA) is 48.4 Å².